The molecular weight excluding hydrogens is 420 g/mol. The van der Waals surface area contributed by atoms with Gasteiger partial charge in [-0.2, -0.15) is 5.10 Å². The Kier molecular flexibility index (Phi) is 6.22. The van der Waals surface area contributed by atoms with E-state index in [1.165, 1.54) is 21.3 Å². The summed E-state index contributed by atoms with van der Waals surface area (Å²) in [5.41, 5.74) is 7.54. The van der Waals surface area contributed by atoms with Crippen molar-refractivity contribution in [3.63, 3.8) is 0 Å². The van der Waals surface area contributed by atoms with Crippen LogP contribution in [0.5, 0.6) is 11.5 Å². The number of rotatable bonds is 7. The summed E-state index contributed by atoms with van der Waals surface area (Å²) in [4.78, 5) is 25.4. The van der Waals surface area contributed by atoms with Crippen LogP contribution in [0.4, 0.5) is 0 Å². The zero-order chi connectivity index (χ0) is 23.4. The summed E-state index contributed by atoms with van der Waals surface area (Å²) in [6.45, 7) is 0. The Morgan fingerprint density at radius 1 is 0.818 bits per heavy atom. The molecule has 0 heterocycles. The minimum Gasteiger partial charge on any atom is -0.497 e. The highest BCUT2D eigenvalue weighted by atomic mass is 16.5. The number of carbonyl (C=O) groups excluding carboxylic acids is 2. The van der Waals surface area contributed by atoms with Crippen LogP contribution in [0.3, 0.4) is 0 Å². The second-order valence-corrected chi connectivity index (χ2v) is 7.14. The van der Waals surface area contributed by atoms with Gasteiger partial charge >= 0.3 is 5.97 Å². The van der Waals surface area contributed by atoms with Crippen molar-refractivity contribution < 1.29 is 23.8 Å². The average Bonchev–Trinajstić information content (AvgIpc) is 3.19. The zero-order valence-corrected chi connectivity index (χ0v) is 18.4. The van der Waals surface area contributed by atoms with Crippen molar-refractivity contribution in [2.45, 2.75) is 0 Å². The van der Waals surface area contributed by atoms with Crippen LogP contribution in [0, 0.1) is 0 Å². The van der Waals surface area contributed by atoms with Gasteiger partial charge in [0.05, 0.1) is 32.6 Å². The lowest BCUT2D eigenvalue weighted by Crippen LogP contribution is -2.20. The minimum atomic E-state index is -0.722. The summed E-state index contributed by atoms with van der Waals surface area (Å²) in [5, 5.41) is 4.49. The molecule has 3 aromatic rings. The van der Waals surface area contributed by atoms with Gasteiger partial charge in [-0.1, -0.05) is 48.5 Å². The fraction of sp³-hybridized carbons (Fsp3) is 0.115. The van der Waals surface area contributed by atoms with Gasteiger partial charge in [0, 0.05) is 23.3 Å². The van der Waals surface area contributed by atoms with E-state index in [1.807, 2.05) is 48.5 Å². The first kappa shape index (κ1) is 21.8. The van der Waals surface area contributed by atoms with Crippen LogP contribution in [0.15, 0.2) is 83.6 Å². The van der Waals surface area contributed by atoms with Gasteiger partial charge in [0.25, 0.3) is 0 Å². The Morgan fingerprint density at radius 2 is 1.42 bits per heavy atom. The van der Waals surface area contributed by atoms with Crippen LogP contribution < -0.4 is 14.9 Å². The Labute approximate surface area is 191 Å². The summed E-state index contributed by atoms with van der Waals surface area (Å²) in [6.07, 6.45) is 1.15. The SMILES string of the molecule is COC(=O)C(=CC(=O)c1ccc(OC)cc1OC)NN=C1c2ccccc2-c2ccccc21. The third kappa shape index (κ3) is 4.21. The van der Waals surface area contributed by atoms with Crippen LogP contribution in [0.25, 0.3) is 11.1 Å². The van der Waals surface area contributed by atoms with Crippen molar-refractivity contribution in [2.24, 2.45) is 5.10 Å². The molecule has 3 aromatic carbocycles. The number of allylic oxidation sites excluding steroid dienone is 1. The first-order valence-corrected chi connectivity index (χ1v) is 10.2. The number of carbonyl (C=O) groups is 2. The van der Waals surface area contributed by atoms with E-state index in [1.54, 1.807) is 18.2 Å². The lowest BCUT2D eigenvalue weighted by molar-refractivity contribution is -0.136. The molecule has 4 rings (SSSR count). The van der Waals surface area contributed by atoms with Crippen molar-refractivity contribution in [1.82, 2.24) is 5.43 Å². The van der Waals surface area contributed by atoms with E-state index < -0.39 is 11.8 Å². The van der Waals surface area contributed by atoms with Gasteiger partial charge < -0.3 is 14.2 Å². The summed E-state index contributed by atoms with van der Waals surface area (Å²) < 4.78 is 15.3. The van der Waals surface area contributed by atoms with Gasteiger partial charge in [0.1, 0.15) is 17.2 Å². The topological polar surface area (TPSA) is 86.2 Å². The maximum Gasteiger partial charge on any atom is 0.356 e. The van der Waals surface area contributed by atoms with Gasteiger partial charge in [0.2, 0.25) is 0 Å². The molecule has 1 aliphatic rings. The van der Waals surface area contributed by atoms with Crippen molar-refractivity contribution in [1.29, 1.82) is 0 Å². The van der Waals surface area contributed by atoms with Gasteiger partial charge in [-0.05, 0) is 23.3 Å². The predicted octanol–water partition coefficient (Wildman–Crippen LogP) is 3.97. The Bertz CT molecular complexity index is 1250. The Morgan fingerprint density at radius 3 is 1.97 bits per heavy atom. The van der Waals surface area contributed by atoms with E-state index >= 15 is 0 Å². The van der Waals surface area contributed by atoms with Crippen molar-refractivity contribution in [2.75, 3.05) is 21.3 Å². The number of hydrogen-bond donors (Lipinski definition) is 1. The molecule has 1 aliphatic carbocycles. The van der Waals surface area contributed by atoms with Crippen molar-refractivity contribution >= 4 is 17.5 Å². The molecule has 0 aromatic heterocycles. The number of ether oxygens (including phenoxy) is 3. The first-order valence-electron chi connectivity index (χ1n) is 10.2. The van der Waals surface area contributed by atoms with Crippen LogP contribution in [0.1, 0.15) is 21.5 Å². The average molecular weight is 442 g/mol. The normalized spacial score (nSPS) is 11.8. The van der Waals surface area contributed by atoms with E-state index in [4.69, 9.17) is 14.2 Å². The van der Waals surface area contributed by atoms with Crippen LogP contribution in [-0.4, -0.2) is 38.8 Å². The van der Waals surface area contributed by atoms with Crippen LogP contribution >= 0.6 is 0 Å². The van der Waals surface area contributed by atoms with Gasteiger partial charge in [-0.25, -0.2) is 4.79 Å². The largest absolute Gasteiger partial charge is 0.497 e. The molecule has 0 fully saturated rings. The lowest BCUT2D eigenvalue weighted by atomic mass is 10.1. The maximum atomic E-state index is 13.0. The van der Waals surface area contributed by atoms with E-state index in [0.717, 1.165) is 28.3 Å². The van der Waals surface area contributed by atoms with E-state index in [0.29, 0.717) is 17.2 Å². The summed E-state index contributed by atoms with van der Waals surface area (Å²) >= 11 is 0. The molecule has 1 N–H and O–H groups in total. The molecule has 33 heavy (non-hydrogen) atoms. The lowest BCUT2D eigenvalue weighted by Gasteiger charge is -2.10. The molecule has 7 nitrogen and oxygen atoms in total. The third-order valence-electron chi connectivity index (χ3n) is 5.30. The number of hydrazone groups is 1. The standard InChI is InChI=1S/C26H22N2O5/c1-31-16-12-13-21(24(14-16)32-2)23(29)15-22(26(30)33-3)27-28-25-19-10-6-4-8-17(19)18-9-5-7-11-20(18)25/h4-15,27H,1-3H3. The Hall–Kier alpha value is -4.39. The van der Waals surface area contributed by atoms with E-state index in [9.17, 15) is 9.59 Å². The number of methoxy groups -OCH3 is 3. The third-order valence-corrected chi connectivity index (χ3v) is 5.30. The number of fused-ring (bicyclic) bond motifs is 3. The smallest absolute Gasteiger partial charge is 0.356 e. The molecule has 0 saturated carbocycles. The maximum absolute atomic E-state index is 13.0. The molecule has 7 heteroatoms. The zero-order valence-electron chi connectivity index (χ0n) is 18.4. The molecule has 0 aliphatic heterocycles. The Balaban J connectivity index is 1.70. The van der Waals surface area contributed by atoms with Crippen molar-refractivity contribution in [3.05, 3.63) is 95.2 Å². The second-order valence-electron chi connectivity index (χ2n) is 7.14. The predicted molar refractivity (Wildman–Crippen MR) is 125 cm³/mol. The number of ketones is 1. The fourth-order valence-corrected chi connectivity index (χ4v) is 3.69. The van der Waals surface area contributed by atoms with E-state index in [-0.39, 0.29) is 11.3 Å². The molecule has 166 valence electrons. The summed E-state index contributed by atoms with van der Waals surface area (Å²) in [5.74, 6) is -0.303. The van der Waals surface area contributed by atoms with Gasteiger partial charge in [-0.3, -0.25) is 10.2 Å². The minimum absolute atomic E-state index is 0.102. The molecule has 0 radical (unpaired) electrons. The highest BCUT2D eigenvalue weighted by Gasteiger charge is 2.24. The second kappa shape index (κ2) is 9.40. The van der Waals surface area contributed by atoms with Crippen molar-refractivity contribution in [3.8, 4) is 22.6 Å². The molecule has 0 spiro atoms. The molecule has 0 amide bonds. The molecule has 0 atom stereocenters. The number of nitrogens with one attached hydrogen (secondary N) is 1. The summed E-state index contributed by atoms with van der Waals surface area (Å²) in [7, 11) is 4.22. The number of esters is 1. The van der Waals surface area contributed by atoms with Gasteiger partial charge in [0.15, 0.2) is 5.78 Å². The van der Waals surface area contributed by atoms with E-state index in [2.05, 4.69) is 10.5 Å². The number of benzene rings is 3. The molecule has 0 saturated heterocycles. The monoisotopic (exact) mass is 442 g/mol. The molecular formula is C26H22N2O5. The number of hydrogen-bond acceptors (Lipinski definition) is 7. The highest BCUT2D eigenvalue weighted by molar-refractivity contribution is 6.24. The molecule has 0 unspecified atom stereocenters. The highest BCUT2D eigenvalue weighted by Crippen LogP contribution is 2.36. The number of nitrogens with zero attached hydrogens (tertiary/aromatic N) is 1. The van der Waals surface area contributed by atoms with Gasteiger partial charge in [-0.15, -0.1) is 0 Å². The fourth-order valence-electron chi connectivity index (χ4n) is 3.69. The quantitative estimate of drug-likeness (QED) is 0.202. The summed E-state index contributed by atoms with van der Waals surface area (Å²) in [6, 6.07) is 20.6. The molecule has 0 bridgehead atoms. The first-order chi connectivity index (χ1) is 16.1. The van der Waals surface area contributed by atoms with Crippen LogP contribution in [-0.2, 0) is 9.53 Å². The van der Waals surface area contributed by atoms with Crippen LogP contribution in [0.2, 0.25) is 0 Å².